The van der Waals surface area contributed by atoms with E-state index in [4.69, 9.17) is 14.2 Å². The maximum Gasteiger partial charge on any atom is 0.362 e. The van der Waals surface area contributed by atoms with Crippen LogP contribution < -0.4 is 0 Å². The number of unbranched alkanes of at least 4 members (excludes halogenated alkanes) is 20. The number of carbonyl (C=O) groups excluding carboxylic acids is 2. The summed E-state index contributed by atoms with van der Waals surface area (Å²) in [5.41, 5.74) is 0. The van der Waals surface area contributed by atoms with Gasteiger partial charge in [0.2, 0.25) is 0 Å². The monoisotopic (exact) mass is 763 g/mol. The molecule has 314 valence electrons. The molecule has 54 heavy (non-hydrogen) atoms. The van der Waals surface area contributed by atoms with E-state index >= 15 is 0 Å². The number of likely N-dealkylation sites (N-methyl/N-ethyl adjacent to an activating group) is 1. The largest absolute Gasteiger partial charge is 0.477 e. The second-order valence-electron chi connectivity index (χ2n) is 16.0. The molecular weight excluding hydrogens is 679 g/mol. The second kappa shape index (κ2) is 37.5. The van der Waals surface area contributed by atoms with Gasteiger partial charge in [-0.05, 0) is 64.2 Å². The van der Waals surface area contributed by atoms with Crippen molar-refractivity contribution in [3.8, 4) is 0 Å². The van der Waals surface area contributed by atoms with Crippen LogP contribution in [0.5, 0.6) is 0 Å². The number of nitrogens with zero attached hydrogens (tertiary/aromatic N) is 1. The third kappa shape index (κ3) is 35.3. The smallest absolute Gasteiger partial charge is 0.362 e. The number of carboxylic acid groups (broad SMARTS) is 1. The number of ether oxygens (including phenoxy) is 3. The molecule has 1 N–H and O–H groups in total. The van der Waals surface area contributed by atoms with E-state index < -0.39 is 18.1 Å². The lowest BCUT2D eigenvalue weighted by atomic mass is 10.1. The van der Waals surface area contributed by atoms with Gasteiger partial charge in [0, 0.05) is 19.3 Å². The van der Waals surface area contributed by atoms with Crippen LogP contribution in [0.2, 0.25) is 0 Å². The first kappa shape index (κ1) is 51.5. The zero-order valence-electron chi connectivity index (χ0n) is 35.7. The van der Waals surface area contributed by atoms with E-state index in [1.54, 1.807) is 0 Å². The molecule has 0 radical (unpaired) electrons. The highest BCUT2D eigenvalue weighted by atomic mass is 16.6. The van der Waals surface area contributed by atoms with Crippen LogP contribution in [0.3, 0.4) is 0 Å². The highest BCUT2D eigenvalue weighted by molar-refractivity contribution is 5.72. The standard InChI is InChI=1S/C46H83NO7/c1-6-8-10-12-14-16-18-20-22-24-26-28-30-32-34-36-44(48)53-41-42(40-52-39-38-43(46(50)51)47(3,4)5)54-45(49)37-35-33-31-29-27-25-23-21-19-17-15-13-11-9-7-2/h15-19,21,42-43H,6-14,20,22-41H2,1-5H3/p+1/b17-15+,18-16+,21-19+. The minimum Gasteiger partial charge on any atom is -0.477 e. The summed E-state index contributed by atoms with van der Waals surface area (Å²) in [5, 5.41) is 9.61. The molecule has 0 heterocycles. The summed E-state index contributed by atoms with van der Waals surface area (Å²) in [5.74, 6) is -1.49. The van der Waals surface area contributed by atoms with Crippen LogP contribution >= 0.6 is 0 Å². The summed E-state index contributed by atoms with van der Waals surface area (Å²) >= 11 is 0. The molecule has 0 aromatic carbocycles. The lowest BCUT2D eigenvalue weighted by Crippen LogP contribution is -2.50. The van der Waals surface area contributed by atoms with Gasteiger partial charge < -0.3 is 23.8 Å². The van der Waals surface area contributed by atoms with Crippen molar-refractivity contribution in [2.24, 2.45) is 0 Å². The first-order valence-corrected chi connectivity index (χ1v) is 22.0. The van der Waals surface area contributed by atoms with Crippen molar-refractivity contribution in [3.63, 3.8) is 0 Å². The molecule has 0 rings (SSSR count). The molecule has 0 saturated heterocycles. The molecule has 0 aliphatic carbocycles. The number of aliphatic carboxylic acids is 1. The average molecular weight is 763 g/mol. The highest BCUT2D eigenvalue weighted by Gasteiger charge is 2.31. The van der Waals surface area contributed by atoms with Gasteiger partial charge in [0.15, 0.2) is 12.1 Å². The third-order valence-corrected chi connectivity index (χ3v) is 9.79. The van der Waals surface area contributed by atoms with Crippen LogP contribution in [0.4, 0.5) is 0 Å². The van der Waals surface area contributed by atoms with E-state index in [1.807, 2.05) is 21.1 Å². The zero-order chi connectivity index (χ0) is 40.0. The Labute approximate surface area is 332 Å². The summed E-state index contributed by atoms with van der Waals surface area (Å²) < 4.78 is 17.3. The Morgan fingerprint density at radius 3 is 1.48 bits per heavy atom. The number of rotatable bonds is 39. The molecule has 0 saturated carbocycles. The number of carboxylic acids is 1. The van der Waals surface area contributed by atoms with Crippen molar-refractivity contribution in [2.45, 2.75) is 199 Å². The molecule has 0 aliphatic heterocycles. The second-order valence-corrected chi connectivity index (χ2v) is 16.0. The predicted molar refractivity (Wildman–Crippen MR) is 225 cm³/mol. The fourth-order valence-corrected chi connectivity index (χ4v) is 6.31. The van der Waals surface area contributed by atoms with Gasteiger partial charge in [0.1, 0.15) is 6.61 Å². The van der Waals surface area contributed by atoms with Crippen LogP contribution in [-0.4, -0.2) is 80.6 Å². The van der Waals surface area contributed by atoms with Crippen LogP contribution in [0, 0.1) is 0 Å². The van der Waals surface area contributed by atoms with Gasteiger partial charge >= 0.3 is 17.9 Å². The van der Waals surface area contributed by atoms with Gasteiger partial charge in [-0.15, -0.1) is 0 Å². The van der Waals surface area contributed by atoms with Gasteiger partial charge in [0.25, 0.3) is 0 Å². The van der Waals surface area contributed by atoms with Crippen molar-refractivity contribution in [1.82, 2.24) is 0 Å². The molecule has 0 aromatic rings. The molecular formula is C46H84NO7+. The van der Waals surface area contributed by atoms with E-state index in [9.17, 15) is 19.5 Å². The van der Waals surface area contributed by atoms with E-state index in [1.165, 1.54) is 96.3 Å². The molecule has 8 nitrogen and oxygen atoms in total. The Morgan fingerprint density at radius 1 is 0.556 bits per heavy atom. The number of hydrogen-bond acceptors (Lipinski definition) is 6. The molecule has 0 fully saturated rings. The highest BCUT2D eigenvalue weighted by Crippen LogP contribution is 2.14. The van der Waals surface area contributed by atoms with Gasteiger partial charge in [-0.1, -0.05) is 140 Å². The van der Waals surface area contributed by atoms with Crippen molar-refractivity contribution in [3.05, 3.63) is 36.5 Å². The van der Waals surface area contributed by atoms with E-state index in [0.717, 1.165) is 57.8 Å². The maximum absolute atomic E-state index is 12.7. The fourth-order valence-electron chi connectivity index (χ4n) is 6.31. The van der Waals surface area contributed by atoms with Crippen molar-refractivity contribution in [2.75, 3.05) is 41.0 Å². The number of allylic oxidation sites excluding steroid dienone is 6. The number of esters is 2. The Bertz CT molecular complexity index is 984. The molecule has 8 heteroatoms. The van der Waals surface area contributed by atoms with Gasteiger partial charge in [-0.3, -0.25) is 9.59 Å². The fraction of sp³-hybridized carbons (Fsp3) is 0.804. The maximum atomic E-state index is 12.7. The molecule has 0 bridgehead atoms. The molecule has 0 aliphatic rings. The first-order valence-electron chi connectivity index (χ1n) is 22.0. The minimum atomic E-state index is -0.878. The minimum absolute atomic E-state index is 0.0559. The Kier molecular flexibility index (Phi) is 35.8. The number of quaternary nitrogens is 1. The van der Waals surface area contributed by atoms with Crippen molar-refractivity contribution in [1.29, 1.82) is 0 Å². The number of carbonyl (C=O) groups is 3. The Morgan fingerprint density at radius 2 is 0.981 bits per heavy atom. The molecule has 0 aromatic heterocycles. The SMILES string of the molecule is CCCCC/C=C/C=C/CCCCCCCCC(=O)OC(COCCC(C(=O)O)[N+](C)(C)C)COC(=O)CCCCCCCCC/C=C/CCCCCC. The summed E-state index contributed by atoms with van der Waals surface area (Å²) in [4.78, 5) is 36.9. The van der Waals surface area contributed by atoms with E-state index in [-0.39, 0.29) is 36.2 Å². The summed E-state index contributed by atoms with van der Waals surface area (Å²) in [7, 11) is 5.52. The topological polar surface area (TPSA) is 99.1 Å². The van der Waals surface area contributed by atoms with Gasteiger partial charge in [-0.25, -0.2) is 4.79 Å². The zero-order valence-corrected chi connectivity index (χ0v) is 35.7. The molecule has 0 spiro atoms. The van der Waals surface area contributed by atoms with Gasteiger partial charge in [-0.2, -0.15) is 0 Å². The first-order chi connectivity index (χ1) is 26.1. The quantitative estimate of drug-likeness (QED) is 0.0219. The summed E-state index contributed by atoms with van der Waals surface area (Å²) in [6.45, 7) is 4.68. The molecule has 2 unspecified atom stereocenters. The van der Waals surface area contributed by atoms with Crippen LogP contribution in [0.15, 0.2) is 36.5 Å². The van der Waals surface area contributed by atoms with Crippen LogP contribution in [-0.2, 0) is 28.6 Å². The normalized spacial score (nSPS) is 13.3. The van der Waals surface area contributed by atoms with E-state index in [2.05, 4.69) is 50.3 Å². The Hall–Kier alpha value is -2.45. The lowest BCUT2D eigenvalue weighted by Gasteiger charge is -2.31. The third-order valence-electron chi connectivity index (χ3n) is 9.79. The van der Waals surface area contributed by atoms with Crippen molar-refractivity contribution < 1.29 is 38.2 Å². The van der Waals surface area contributed by atoms with Gasteiger partial charge in [0.05, 0.1) is 34.4 Å². The van der Waals surface area contributed by atoms with E-state index in [0.29, 0.717) is 19.3 Å². The lowest BCUT2D eigenvalue weighted by molar-refractivity contribution is -0.887. The predicted octanol–water partition coefficient (Wildman–Crippen LogP) is 11.9. The van der Waals surface area contributed by atoms with Crippen LogP contribution in [0.25, 0.3) is 0 Å². The number of hydrogen-bond donors (Lipinski definition) is 1. The molecule has 2 atom stereocenters. The average Bonchev–Trinajstić information content (AvgIpc) is 3.12. The van der Waals surface area contributed by atoms with Crippen LogP contribution in [0.1, 0.15) is 187 Å². The van der Waals surface area contributed by atoms with Crippen molar-refractivity contribution >= 4 is 17.9 Å². The molecule has 0 amide bonds. The summed E-state index contributed by atoms with van der Waals surface area (Å²) in [6, 6.07) is -0.616. The summed E-state index contributed by atoms with van der Waals surface area (Å²) in [6.07, 6.45) is 41.7. The Balaban J connectivity index is 4.37.